The van der Waals surface area contributed by atoms with E-state index >= 15 is 0 Å². The number of carbonyl (C=O) groups excluding carboxylic acids is 1. The van der Waals surface area contributed by atoms with Crippen molar-refractivity contribution < 1.29 is 29.6 Å². The molecule has 6 rings (SSSR count). The van der Waals surface area contributed by atoms with E-state index in [1.807, 2.05) is 6.92 Å². The van der Waals surface area contributed by atoms with Gasteiger partial charge in [0.1, 0.15) is 6.10 Å². The molecule has 0 aromatic heterocycles. The number of aliphatic hydroxyl groups is 3. The molecule has 0 amide bonds. The summed E-state index contributed by atoms with van der Waals surface area (Å²) in [5.74, 6) is -1.98. The second-order valence-corrected chi connectivity index (χ2v) is 11.0. The Bertz CT molecular complexity index is 701. The van der Waals surface area contributed by atoms with Crippen molar-refractivity contribution >= 4 is 5.97 Å². The van der Waals surface area contributed by atoms with Crippen molar-refractivity contribution in [2.75, 3.05) is 6.61 Å². The Morgan fingerprint density at radius 1 is 1.11 bits per heavy atom. The predicted octanol–water partition coefficient (Wildman–Crippen LogP) is 1.85. The molecule has 3 N–H and O–H groups in total. The number of fused-ring (bicyclic) bond motifs is 2. The second-order valence-electron chi connectivity index (χ2n) is 11.0. The number of rotatable bonds is 1. The highest BCUT2D eigenvalue weighted by Crippen LogP contribution is 2.77. The molecule has 4 bridgehead atoms. The van der Waals surface area contributed by atoms with E-state index in [-0.39, 0.29) is 41.2 Å². The Kier molecular flexibility index (Phi) is 3.79. The van der Waals surface area contributed by atoms with Gasteiger partial charge < -0.3 is 24.8 Å². The van der Waals surface area contributed by atoms with Gasteiger partial charge in [0, 0.05) is 18.8 Å². The van der Waals surface area contributed by atoms with E-state index in [1.54, 1.807) is 0 Å². The summed E-state index contributed by atoms with van der Waals surface area (Å²) in [5, 5.41) is 34.6. The third-order valence-corrected chi connectivity index (χ3v) is 9.84. The average Bonchev–Trinajstić information content (AvgIpc) is 2.73. The molecule has 6 aliphatic rings. The van der Waals surface area contributed by atoms with Gasteiger partial charge in [-0.05, 0) is 54.8 Å². The Balaban J connectivity index is 1.72. The third kappa shape index (κ3) is 1.88. The third-order valence-electron chi connectivity index (χ3n) is 9.84. The van der Waals surface area contributed by atoms with Gasteiger partial charge in [0.05, 0.1) is 24.2 Å². The summed E-state index contributed by atoms with van der Waals surface area (Å²) in [5.41, 5.74) is -1.61. The van der Waals surface area contributed by atoms with Gasteiger partial charge in [-0.2, -0.15) is 0 Å². The van der Waals surface area contributed by atoms with Gasteiger partial charge in [-0.3, -0.25) is 4.79 Å². The zero-order chi connectivity index (χ0) is 20.3. The molecule has 2 heterocycles. The lowest BCUT2D eigenvalue weighted by Gasteiger charge is -2.74. The van der Waals surface area contributed by atoms with Crippen LogP contribution in [-0.2, 0) is 14.3 Å². The van der Waals surface area contributed by atoms with E-state index in [0.717, 1.165) is 25.7 Å². The van der Waals surface area contributed by atoms with E-state index in [4.69, 9.17) is 9.47 Å². The van der Waals surface area contributed by atoms with Crippen LogP contribution < -0.4 is 0 Å². The van der Waals surface area contributed by atoms with Crippen molar-refractivity contribution in [3.63, 3.8) is 0 Å². The standard InChI is InChI=1S/C22H34O6/c1-11-13-5-6-14-20-10-27-21(26,22(14,17(11)24)18(13)25)9-15(20)19(3,4)8-7-16(20)28-12(2)23/h11,13-18,24-26H,5-10H2,1-4H3/t11-,13+,14+,15-,16+,17-,18+,20+,21-,22+/m1/s1. The summed E-state index contributed by atoms with van der Waals surface area (Å²) in [6.45, 7) is 8.21. The molecular weight excluding hydrogens is 360 g/mol. The number of ether oxygens (including phenoxy) is 2. The fraction of sp³-hybridized carbons (Fsp3) is 0.955. The maximum absolute atomic E-state index is 12.0. The molecule has 4 saturated carbocycles. The highest BCUT2D eigenvalue weighted by molar-refractivity contribution is 5.66. The first kappa shape index (κ1) is 19.3. The Labute approximate surface area is 166 Å². The molecule has 2 spiro atoms. The van der Waals surface area contributed by atoms with E-state index in [1.165, 1.54) is 6.92 Å². The summed E-state index contributed by atoms with van der Waals surface area (Å²) in [4.78, 5) is 12.0. The van der Waals surface area contributed by atoms with Crippen molar-refractivity contribution in [3.05, 3.63) is 0 Å². The molecule has 2 aliphatic heterocycles. The molecule has 6 fully saturated rings. The van der Waals surface area contributed by atoms with Gasteiger partial charge in [0.25, 0.3) is 0 Å². The molecular formula is C22H34O6. The average molecular weight is 395 g/mol. The van der Waals surface area contributed by atoms with Gasteiger partial charge in [0.2, 0.25) is 0 Å². The molecule has 6 nitrogen and oxygen atoms in total. The summed E-state index contributed by atoms with van der Waals surface area (Å²) < 4.78 is 12.0. The first-order valence-electron chi connectivity index (χ1n) is 10.9. The molecule has 0 unspecified atom stereocenters. The highest BCUT2D eigenvalue weighted by atomic mass is 16.6. The van der Waals surface area contributed by atoms with Crippen molar-refractivity contribution in [1.29, 1.82) is 0 Å². The van der Waals surface area contributed by atoms with Gasteiger partial charge in [-0.1, -0.05) is 20.8 Å². The van der Waals surface area contributed by atoms with Crippen LogP contribution in [0.3, 0.4) is 0 Å². The lowest BCUT2D eigenvalue weighted by atomic mass is 9.36. The fourth-order valence-corrected chi connectivity index (χ4v) is 8.74. The maximum atomic E-state index is 12.0. The molecule has 28 heavy (non-hydrogen) atoms. The van der Waals surface area contributed by atoms with Crippen molar-refractivity contribution in [2.45, 2.75) is 83.9 Å². The predicted molar refractivity (Wildman–Crippen MR) is 99.8 cm³/mol. The van der Waals surface area contributed by atoms with Crippen LogP contribution in [0.5, 0.6) is 0 Å². The Morgan fingerprint density at radius 3 is 2.50 bits per heavy atom. The first-order chi connectivity index (χ1) is 13.0. The number of esters is 1. The summed E-state index contributed by atoms with van der Waals surface area (Å²) in [7, 11) is 0. The fourth-order valence-electron chi connectivity index (χ4n) is 8.74. The van der Waals surface area contributed by atoms with Crippen LogP contribution in [0.4, 0.5) is 0 Å². The smallest absolute Gasteiger partial charge is 0.302 e. The molecule has 158 valence electrons. The molecule has 0 aromatic carbocycles. The van der Waals surface area contributed by atoms with Crippen LogP contribution in [0.15, 0.2) is 0 Å². The van der Waals surface area contributed by atoms with E-state index in [0.29, 0.717) is 13.0 Å². The molecule has 10 atom stereocenters. The van der Waals surface area contributed by atoms with Gasteiger partial charge in [-0.25, -0.2) is 0 Å². The zero-order valence-corrected chi connectivity index (χ0v) is 17.4. The minimum atomic E-state index is -1.54. The molecule has 2 saturated heterocycles. The topological polar surface area (TPSA) is 96.2 Å². The highest BCUT2D eigenvalue weighted by Gasteiger charge is 2.84. The van der Waals surface area contributed by atoms with Gasteiger partial charge in [0.15, 0.2) is 5.79 Å². The minimum Gasteiger partial charge on any atom is -0.462 e. The number of hydrogen-bond acceptors (Lipinski definition) is 6. The van der Waals surface area contributed by atoms with Crippen molar-refractivity contribution in [2.24, 2.45) is 39.9 Å². The van der Waals surface area contributed by atoms with E-state index in [2.05, 4.69) is 13.8 Å². The van der Waals surface area contributed by atoms with Crippen LogP contribution in [0.1, 0.15) is 59.8 Å². The van der Waals surface area contributed by atoms with Crippen LogP contribution in [-0.4, -0.2) is 52.0 Å². The summed E-state index contributed by atoms with van der Waals surface area (Å²) >= 11 is 0. The quantitative estimate of drug-likeness (QED) is 0.588. The Hall–Kier alpha value is -0.690. The van der Waals surface area contributed by atoms with Gasteiger partial charge >= 0.3 is 5.97 Å². The van der Waals surface area contributed by atoms with Gasteiger partial charge in [-0.15, -0.1) is 0 Å². The maximum Gasteiger partial charge on any atom is 0.302 e. The van der Waals surface area contributed by atoms with Crippen LogP contribution in [0.2, 0.25) is 0 Å². The number of aliphatic hydroxyl groups excluding tert-OH is 2. The second kappa shape index (κ2) is 5.51. The molecule has 4 aliphatic carbocycles. The van der Waals surface area contributed by atoms with Crippen molar-refractivity contribution in [1.82, 2.24) is 0 Å². The van der Waals surface area contributed by atoms with Crippen LogP contribution in [0.25, 0.3) is 0 Å². The summed E-state index contributed by atoms with van der Waals surface area (Å²) in [6.07, 6.45) is 1.75. The summed E-state index contributed by atoms with van der Waals surface area (Å²) in [6, 6.07) is 0. The largest absolute Gasteiger partial charge is 0.462 e. The monoisotopic (exact) mass is 394 g/mol. The first-order valence-corrected chi connectivity index (χ1v) is 10.9. The van der Waals surface area contributed by atoms with Crippen LogP contribution >= 0.6 is 0 Å². The number of carbonyl (C=O) groups is 1. The van der Waals surface area contributed by atoms with E-state index < -0.39 is 28.8 Å². The Morgan fingerprint density at radius 2 is 1.82 bits per heavy atom. The lowest BCUT2D eigenvalue weighted by Crippen LogP contribution is -2.81. The normalized spacial score (nSPS) is 58.8. The number of hydrogen-bond donors (Lipinski definition) is 3. The van der Waals surface area contributed by atoms with Crippen molar-refractivity contribution in [3.8, 4) is 0 Å². The molecule has 6 heteroatoms. The SMILES string of the molecule is CC(=O)O[C@H]1CCC(C)(C)[C@H]2C[C@@]3(O)OC[C@@]12[C@@H]1CC[C@H]2[C@@H](C)[C@@H](O)[C@]13[C@H]2O. The lowest BCUT2D eigenvalue weighted by molar-refractivity contribution is -0.447. The van der Waals surface area contributed by atoms with E-state index in [9.17, 15) is 20.1 Å². The van der Waals surface area contributed by atoms with Crippen LogP contribution in [0, 0.1) is 39.9 Å². The minimum absolute atomic E-state index is 0.0307. The molecule has 0 aromatic rings. The zero-order valence-electron chi connectivity index (χ0n) is 17.4. The molecule has 0 radical (unpaired) electrons.